The Labute approximate surface area is 166 Å². The van der Waals surface area contributed by atoms with Gasteiger partial charge in [0.25, 0.3) is 5.91 Å². The molecular weight excluding hydrogens is 348 g/mol. The standard InChI is InChI=1S/C24H26N2O2/c1-19-8-7-11-21(16-19)17-26(15-14-25)24(27)22-12-5-6-13-23(22)28-18-20-9-3-2-4-10-20/h2-13,16H,14-15,17-18,25H2,1H3. The Balaban J connectivity index is 1.78. The quantitative estimate of drug-likeness (QED) is 0.644. The Morgan fingerprint density at radius 2 is 1.64 bits per heavy atom. The molecule has 0 fully saturated rings. The van der Waals surface area contributed by atoms with Gasteiger partial charge in [0.05, 0.1) is 5.56 Å². The molecule has 3 aromatic rings. The second-order valence-corrected chi connectivity index (χ2v) is 6.77. The fourth-order valence-corrected chi connectivity index (χ4v) is 3.11. The van der Waals surface area contributed by atoms with Crippen LogP contribution in [-0.4, -0.2) is 23.9 Å². The lowest BCUT2D eigenvalue weighted by Crippen LogP contribution is -2.35. The number of carbonyl (C=O) groups is 1. The highest BCUT2D eigenvalue weighted by atomic mass is 16.5. The van der Waals surface area contributed by atoms with Gasteiger partial charge in [0, 0.05) is 19.6 Å². The van der Waals surface area contributed by atoms with Crippen LogP contribution >= 0.6 is 0 Å². The van der Waals surface area contributed by atoms with E-state index in [1.807, 2.05) is 79.7 Å². The number of para-hydroxylation sites is 1. The maximum absolute atomic E-state index is 13.2. The van der Waals surface area contributed by atoms with Gasteiger partial charge in [-0.25, -0.2) is 0 Å². The van der Waals surface area contributed by atoms with E-state index in [-0.39, 0.29) is 5.91 Å². The van der Waals surface area contributed by atoms with E-state index in [1.54, 1.807) is 4.90 Å². The van der Waals surface area contributed by atoms with Gasteiger partial charge in [0.1, 0.15) is 12.4 Å². The van der Waals surface area contributed by atoms with E-state index in [2.05, 4.69) is 6.07 Å². The van der Waals surface area contributed by atoms with Crippen LogP contribution in [0.3, 0.4) is 0 Å². The van der Waals surface area contributed by atoms with Crippen molar-refractivity contribution >= 4 is 5.91 Å². The zero-order valence-corrected chi connectivity index (χ0v) is 16.2. The molecule has 0 saturated carbocycles. The van der Waals surface area contributed by atoms with Gasteiger partial charge in [-0.15, -0.1) is 0 Å². The number of rotatable bonds is 8. The predicted molar refractivity (Wildman–Crippen MR) is 112 cm³/mol. The first-order chi connectivity index (χ1) is 13.7. The number of nitrogens with two attached hydrogens (primary N) is 1. The summed E-state index contributed by atoms with van der Waals surface area (Å²) in [5, 5.41) is 0. The second-order valence-electron chi connectivity index (χ2n) is 6.77. The molecule has 0 saturated heterocycles. The van der Waals surface area contributed by atoms with Crippen LogP contribution in [0.5, 0.6) is 5.75 Å². The van der Waals surface area contributed by atoms with Crippen LogP contribution in [-0.2, 0) is 13.2 Å². The molecule has 0 radical (unpaired) electrons. The number of aryl methyl sites for hydroxylation is 1. The van der Waals surface area contributed by atoms with E-state index < -0.39 is 0 Å². The summed E-state index contributed by atoms with van der Waals surface area (Å²) in [6, 6.07) is 25.5. The summed E-state index contributed by atoms with van der Waals surface area (Å²) in [6.07, 6.45) is 0. The summed E-state index contributed by atoms with van der Waals surface area (Å²) in [7, 11) is 0. The van der Waals surface area contributed by atoms with Crippen molar-refractivity contribution in [3.63, 3.8) is 0 Å². The van der Waals surface area contributed by atoms with Gasteiger partial charge in [-0.1, -0.05) is 72.3 Å². The highest BCUT2D eigenvalue weighted by molar-refractivity contribution is 5.97. The maximum atomic E-state index is 13.2. The Morgan fingerprint density at radius 1 is 0.929 bits per heavy atom. The summed E-state index contributed by atoms with van der Waals surface area (Å²) in [6.45, 7) is 3.88. The van der Waals surface area contributed by atoms with Crippen molar-refractivity contribution in [1.29, 1.82) is 0 Å². The average Bonchev–Trinajstić information content (AvgIpc) is 2.72. The first-order valence-corrected chi connectivity index (χ1v) is 9.48. The first-order valence-electron chi connectivity index (χ1n) is 9.48. The molecule has 4 heteroatoms. The molecule has 0 aliphatic rings. The molecule has 0 aliphatic heterocycles. The lowest BCUT2D eigenvalue weighted by molar-refractivity contribution is 0.0743. The maximum Gasteiger partial charge on any atom is 0.257 e. The van der Waals surface area contributed by atoms with Crippen LogP contribution in [0.25, 0.3) is 0 Å². The zero-order valence-electron chi connectivity index (χ0n) is 16.2. The Morgan fingerprint density at radius 3 is 2.39 bits per heavy atom. The highest BCUT2D eigenvalue weighted by Gasteiger charge is 2.19. The van der Waals surface area contributed by atoms with Crippen LogP contribution in [0, 0.1) is 6.92 Å². The molecule has 0 bridgehead atoms. The molecule has 2 N–H and O–H groups in total. The third-order valence-electron chi connectivity index (χ3n) is 4.50. The molecule has 0 heterocycles. The number of benzene rings is 3. The van der Waals surface area contributed by atoms with Gasteiger partial charge < -0.3 is 15.4 Å². The van der Waals surface area contributed by atoms with Gasteiger partial charge in [0.2, 0.25) is 0 Å². The SMILES string of the molecule is Cc1cccc(CN(CCN)C(=O)c2ccccc2OCc2ccccc2)c1. The van der Waals surface area contributed by atoms with Crippen molar-refractivity contribution in [1.82, 2.24) is 4.90 Å². The largest absolute Gasteiger partial charge is 0.488 e. The Hall–Kier alpha value is -3.11. The van der Waals surface area contributed by atoms with Gasteiger partial charge in [-0.3, -0.25) is 4.79 Å². The summed E-state index contributed by atoms with van der Waals surface area (Å²) < 4.78 is 5.96. The third kappa shape index (κ3) is 5.21. The third-order valence-corrected chi connectivity index (χ3v) is 4.50. The normalized spacial score (nSPS) is 10.5. The summed E-state index contributed by atoms with van der Waals surface area (Å²) >= 11 is 0. The number of hydrogen-bond acceptors (Lipinski definition) is 3. The summed E-state index contributed by atoms with van der Waals surface area (Å²) in [5.41, 5.74) is 9.65. The number of ether oxygens (including phenoxy) is 1. The summed E-state index contributed by atoms with van der Waals surface area (Å²) in [4.78, 5) is 15.0. The number of nitrogens with zero attached hydrogens (tertiary/aromatic N) is 1. The smallest absolute Gasteiger partial charge is 0.257 e. The molecule has 3 rings (SSSR count). The van der Waals surface area contributed by atoms with Crippen molar-refractivity contribution in [2.75, 3.05) is 13.1 Å². The lowest BCUT2D eigenvalue weighted by atomic mass is 10.1. The lowest BCUT2D eigenvalue weighted by Gasteiger charge is -2.23. The zero-order chi connectivity index (χ0) is 19.8. The van der Waals surface area contributed by atoms with E-state index in [0.29, 0.717) is 37.6 Å². The fraction of sp³-hybridized carbons (Fsp3) is 0.208. The monoisotopic (exact) mass is 374 g/mol. The molecule has 4 nitrogen and oxygen atoms in total. The molecule has 0 aromatic heterocycles. The van der Waals surface area contributed by atoms with Crippen molar-refractivity contribution < 1.29 is 9.53 Å². The van der Waals surface area contributed by atoms with E-state index in [0.717, 1.165) is 11.1 Å². The number of carbonyl (C=O) groups excluding carboxylic acids is 1. The fourth-order valence-electron chi connectivity index (χ4n) is 3.11. The van der Waals surface area contributed by atoms with Crippen LogP contribution in [0.4, 0.5) is 0 Å². The highest BCUT2D eigenvalue weighted by Crippen LogP contribution is 2.22. The van der Waals surface area contributed by atoms with Crippen LogP contribution in [0.2, 0.25) is 0 Å². The van der Waals surface area contributed by atoms with E-state index in [9.17, 15) is 4.79 Å². The topological polar surface area (TPSA) is 55.6 Å². The molecule has 28 heavy (non-hydrogen) atoms. The molecule has 1 amide bonds. The Kier molecular flexibility index (Phi) is 6.82. The molecule has 0 spiro atoms. The second kappa shape index (κ2) is 9.72. The summed E-state index contributed by atoms with van der Waals surface area (Å²) in [5.74, 6) is 0.512. The predicted octanol–water partition coefficient (Wildman–Crippen LogP) is 4.18. The molecule has 144 valence electrons. The van der Waals surface area contributed by atoms with Crippen LogP contribution in [0.15, 0.2) is 78.9 Å². The van der Waals surface area contributed by atoms with Gasteiger partial charge in [0.15, 0.2) is 0 Å². The molecule has 0 atom stereocenters. The van der Waals surface area contributed by atoms with Crippen LogP contribution < -0.4 is 10.5 Å². The minimum Gasteiger partial charge on any atom is -0.488 e. The molecule has 0 aliphatic carbocycles. The first kappa shape index (κ1) is 19.6. The van der Waals surface area contributed by atoms with E-state index in [4.69, 9.17) is 10.5 Å². The van der Waals surface area contributed by atoms with Gasteiger partial charge in [-0.05, 0) is 30.2 Å². The van der Waals surface area contributed by atoms with Crippen molar-refractivity contribution in [2.45, 2.75) is 20.1 Å². The van der Waals surface area contributed by atoms with Crippen molar-refractivity contribution in [3.05, 3.63) is 101 Å². The minimum absolute atomic E-state index is 0.0735. The van der Waals surface area contributed by atoms with Crippen molar-refractivity contribution in [2.24, 2.45) is 5.73 Å². The van der Waals surface area contributed by atoms with Gasteiger partial charge in [-0.2, -0.15) is 0 Å². The Bertz CT molecular complexity index is 909. The molecular formula is C24H26N2O2. The number of hydrogen-bond donors (Lipinski definition) is 1. The van der Waals surface area contributed by atoms with E-state index in [1.165, 1.54) is 5.56 Å². The average molecular weight is 374 g/mol. The van der Waals surface area contributed by atoms with Crippen LogP contribution in [0.1, 0.15) is 27.0 Å². The van der Waals surface area contributed by atoms with E-state index >= 15 is 0 Å². The number of amides is 1. The molecule has 3 aromatic carbocycles. The van der Waals surface area contributed by atoms with Crippen molar-refractivity contribution in [3.8, 4) is 5.75 Å². The minimum atomic E-state index is -0.0735. The molecule has 0 unspecified atom stereocenters. The van der Waals surface area contributed by atoms with Gasteiger partial charge >= 0.3 is 0 Å².